The van der Waals surface area contributed by atoms with Crippen molar-refractivity contribution in [3.63, 3.8) is 0 Å². The van der Waals surface area contributed by atoms with Crippen LogP contribution >= 0.6 is 11.6 Å². The Kier molecular flexibility index (Phi) is 3.57. The molecule has 1 aliphatic rings. The third-order valence-electron chi connectivity index (χ3n) is 3.79. The van der Waals surface area contributed by atoms with E-state index in [2.05, 4.69) is 20.9 Å². The number of nitrogens with one attached hydrogen (secondary N) is 1. The number of terminal acetylenes is 1. The van der Waals surface area contributed by atoms with Gasteiger partial charge in [0.25, 0.3) is 5.56 Å². The second kappa shape index (κ2) is 5.21. The summed E-state index contributed by atoms with van der Waals surface area (Å²) in [6.07, 6.45) is 2.28. The first-order valence-electron chi connectivity index (χ1n) is 6.70. The molecular formula is C13H14ClN5O4. The van der Waals surface area contributed by atoms with Crippen LogP contribution in [0, 0.1) is 12.3 Å². The Morgan fingerprint density at radius 3 is 3.00 bits per heavy atom. The van der Waals surface area contributed by atoms with Gasteiger partial charge in [-0.15, -0.1) is 6.42 Å². The van der Waals surface area contributed by atoms with Gasteiger partial charge in [-0.05, 0) is 6.92 Å². The maximum absolute atomic E-state index is 11.8. The SMILES string of the molecule is C#CC1(Cl)[C@@H](O)[C@@H]([C@H](C)O)O[C@H]1n1cnc2c(=O)[nH]c(N)nc21. The highest BCUT2D eigenvalue weighted by molar-refractivity contribution is 6.27. The Balaban J connectivity index is 2.18. The predicted octanol–water partition coefficient (Wildman–Crippen LogP) is -1.05. The van der Waals surface area contributed by atoms with Crippen LogP contribution in [0.2, 0.25) is 0 Å². The molecule has 0 spiro atoms. The van der Waals surface area contributed by atoms with E-state index in [0.29, 0.717) is 0 Å². The van der Waals surface area contributed by atoms with E-state index < -0.39 is 35.0 Å². The zero-order valence-corrected chi connectivity index (χ0v) is 12.7. The molecule has 1 unspecified atom stereocenters. The van der Waals surface area contributed by atoms with Crippen LogP contribution in [-0.2, 0) is 4.74 Å². The highest BCUT2D eigenvalue weighted by atomic mass is 35.5. The molecule has 0 aromatic carbocycles. The fourth-order valence-electron chi connectivity index (χ4n) is 2.62. The highest BCUT2D eigenvalue weighted by Gasteiger charge is 2.57. The van der Waals surface area contributed by atoms with E-state index in [4.69, 9.17) is 28.5 Å². The van der Waals surface area contributed by atoms with Crippen molar-refractivity contribution in [2.45, 2.75) is 36.3 Å². The minimum absolute atomic E-state index is 0.0221. The summed E-state index contributed by atoms with van der Waals surface area (Å²) < 4.78 is 6.95. The number of alkyl halides is 1. The van der Waals surface area contributed by atoms with E-state index in [1.165, 1.54) is 17.8 Å². The second-order valence-electron chi connectivity index (χ2n) is 5.33. The first-order chi connectivity index (χ1) is 10.8. The lowest BCUT2D eigenvalue weighted by Gasteiger charge is -2.25. The van der Waals surface area contributed by atoms with E-state index >= 15 is 0 Å². The van der Waals surface area contributed by atoms with E-state index in [0.717, 1.165) is 0 Å². The number of aliphatic hydroxyl groups is 2. The summed E-state index contributed by atoms with van der Waals surface area (Å²) in [5.74, 6) is 2.18. The summed E-state index contributed by atoms with van der Waals surface area (Å²) in [7, 11) is 0. The third-order valence-corrected chi connectivity index (χ3v) is 4.31. The van der Waals surface area contributed by atoms with E-state index in [9.17, 15) is 15.0 Å². The Bertz CT molecular complexity index is 856. The molecule has 3 heterocycles. The summed E-state index contributed by atoms with van der Waals surface area (Å²) >= 11 is 6.37. The Hall–Kier alpha value is -2.12. The monoisotopic (exact) mass is 339 g/mol. The predicted molar refractivity (Wildman–Crippen MR) is 81.6 cm³/mol. The quantitative estimate of drug-likeness (QED) is 0.404. The van der Waals surface area contributed by atoms with Gasteiger partial charge in [-0.25, -0.2) is 4.98 Å². The van der Waals surface area contributed by atoms with Gasteiger partial charge < -0.3 is 20.7 Å². The number of aromatic nitrogens is 4. The van der Waals surface area contributed by atoms with Gasteiger partial charge in [-0.1, -0.05) is 17.5 Å². The summed E-state index contributed by atoms with van der Waals surface area (Å²) in [6, 6.07) is 0. The molecule has 0 radical (unpaired) electrons. The van der Waals surface area contributed by atoms with Gasteiger partial charge >= 0.3 is 0 Å². The van der Waals surface area contributed by atoms with E-state index in [1.54, 1.807) is 0 Å². The minimum Gasteiger partial charge on any atom is -0.391 e. The lowest BCUT2D eigenvalue weighted by molar-refractivity contribution is -0.0752. The van der Waals surface area contributed by atoms with Crippen LogP contribution in [0.25, 0.3) is 11.2 Å². The number of ether oxygens (including phenoxy) is 1. The molecule has 2 aromatic rings. The number of fused-ring (bicyclic) bond motifs is 1. The van der Waals surface area contributed by atoms with Crippen LogP contribution in [-0.4, -0.2) is 52.9 Å². The third kappa shape index (κ3) is 2.19. The number of hydrogen-bond acceptors (Lipinski definition) is 7. The first kappa shape index (κ1) is 15.8. The number of aromatic amines is 1. The fraction of sp³-hybridized carbons (Fsp3) is 0.462. The number of nitrogen functional groups attached to an aromatic ring is 1. The van der Waals surface area contributed by atoms with Crippen LogP contribution in [0.5, 0.6) is 0 Å². The smallest absolute Gasteiger partial charge is 0.280 e. The molecule has 9 nitrogen and oxygen atoms in total. The zero-order chi connectivity index (χ0) is 16.9. The van der Waals surface area contributed by atoms with Crippen LogP contribution in [0.4, 0.5) is 5.95 Å². The van der Waals surface area contributed by atoms with Gasteiger partial charge in [0, 0.05) is 0 Å². The molecule has 0 saturated carbocycles. The van der Waals surface area contributed by atoms with E-state index in [-0.39, 0.29) is 17.1 Å². The Morgan fingerprint density at radius 1 is 1.70 bits per heavy atom. The average Bonchev–Trinajstić information content (AvgIpc) is 3.00. The number of anilines is 1. The molecule has 5 N–H and O–H groups in total. The largest absolute Gasteiger partial charge is 0.391 e. The van der Waals surface area contributed by atoms with E-state index in [1.807, 2.05) is 0 Å². The Labute approximate surface area is 135 Å². The molecule has 0 amide bonds. The lowest BCUT2D eigenvalue weighted by Crippen LogP contribution is -2.43. The highest BCUT2D eigenvalue weighted by Crippen LogP contribution is 2.44. The normalized spacial score (nSPS) is 32.0. The molecular weight excluding hydrogens is 326 g/mol. The topological polar surface area (TPSA) is 139 Å². The fourth-order valence-corrected chi connectivity index (χ4v) is 2.91. The van der Waals surface area contributed by atoms with Gasteiger partial charge in [-0.2, -0.15) is 4.98 Å². The number of imidazole rings is 1. The van der Waals surface area contributed by atoms with Crippen molar-refractivity contribution in [2.75, 3.05) is 5.73 Å². The number of halogens is 1. The maximum atomic E-state index is 11.8. The molecule has 10 heteroatoms. The molecule has 2 aromatic heterocycles. The van der Waals surface area contributed by atoms with Crippen molar-refractivity contribution < 1.29 is 14.9 Å². The number of aliphatic hydroxyl groups excluding tert-OH is 2. The first-order valence-corrected chi connectivity index (χ1v) is 7.08. The number of rotatable bonds is 2. The Morgan fingerprint density at radius 2 is 2.39 bits per heavy atom. The van der Waals surface area contributed by atoms with Gasteiger partial charge in [0.2, 0.25) is 5.95 Å². The van der Waals surface area contributed by atoms with Crippen LogP contribution in [0.1, 0.15) is 13.2 Å². The second-order valence-corrected chi connectivity index (χ2v) is 5.95. The number of hydrogen-bond donors (Lipinski definition) is 4. The van der Waals surface area contributed by atoms with Crippen molar-refractivity contribution in [3.8, 4) is 12.3 Å². The van der Waals surface area contributed by atoms with Gasteiger partial charge in [-0.3, -0.25) is 14.3 Å². The van der Waals surface area contributed by atoms with Crippen molar-refractivity contribution in [1.29, 1.82) is 0 Å². The zero-order valence-electron chi connectivity index (χ0n) is 12.0. The molecule has 3 rings (SSSR count). The van der Waals surface area contributed by atoms with Crippen LogP contribution < -0.4 is 11.3 Å². The molecule has 122 valence electrons. The standard InChI is InChI=1S/C13H14ClN5O4/c1-3-13(14)8(21)7(5(2)20)23-11(13)19-4-16-6-9(19)17-12(15)18-10(6)22/h1,4-5,7-8,11,20-21H,2H3,(H3,15,17,18,22)/t5-,7+,8-,11+,13?/m0/s1. The number of nitrogens with two attached hydrogens (primary N) is 1. The van der Waals surface area contributed by atoms with Gasteiger partial charge in [0.05, 0.1) is 12.4 Å². The van der Waals surface area contributed by atoms with Crippen molar-refractivity contribution in [2.24, 2.45) is 0 Å². The van der Waals surface area contributed by atoms with Crippen LogP contribution in [0.3, 0.4) is 0 Å². The van der Waals surface area contributed by atoms with Gasteiger partial charge in [0.15, 0.2) is 22.3 Å². The van der Waals surface area contributed by atoms with Crippen molar-refractivity contribution in [3.05, 3.63) is 16.7 Å². The molecule has 5 atom stereocenters. The maximum Gasteiger partial charge on any atom is 0.280 e. The average molecular weight is 340 g/mol. The lowest BCUT2D eigenvalue weighted by atomic mass is 9.97. The molecule has 1 aliphatic heterocycles. The molecule has 0 bridgehead atoms. The number of H-pyrrole nitrogens is 1. The molecule has 23 heavy (non-hydrogen) atoms. The minimum atomic E-state index is -1.67. The van der Waals surface area contributed by atoms with Gasteiger partial charge in [0.1, 0.15) is 12.2 Å². The van der Waals surface area contributed by atoms with Crippen molar-refractivity contribution >= 4 is 28.7 Å². The van der Waals surface area contributed by atoms with Crippen molar-refractivity contribution in [1.82, 2.24) is 19.5 Å². The molecule has 1 fully saturated rings. The summed E-state index contributed by atoms with van der Waals surface area (Å²) in [6.45, 7) is 1.44. The number of nitrogens with zero attached hydrogens (tertiary/aromatic N) is 3. The van der Waals surface area contributed by atoms with Crippen LogP contribution in [0.15, 0.2) is 11.1 Å². The summed E-state index contributed by atoms with van der Waals surface area (Å²) in [5, 5.41) is 20.1. The molecule has 1 saturated heterocycles. The summed E-state index contributed by atoms with van der Waals surface area (Å²) in [5.41, 5.74) is 5.14. The molecule has 0 aliphatic carbocycles. The summed E-state index contributed by atoms with van der Waals surface area (Å²) in [4.78, 5) is 20.4.